The third-order valence-electron chi connectivity index (χ3n) is 7.18. The van der Waals surface area contributed by atoms with Crippen molar-refractivity contribution in [2.45, 2.75) is 26.7 Å². The Labute approximate surface area is 182 Å². The Morgan fingerprint density at radius 2 is 1.06 bits per heavy atom. The molecule has 0 amide bonds. The Bertz CT molecular complexity index is 1340. The maximum absolute atomic E-state index is 6.43. The van der Waals surface area contributed by atoms with E-state index in [0.717, 1.165) is 23.0 Å². The van der Waals surface area contributed by atoms with Crippen LogP contribution in [-0.2, 0) is 0 Å². The summed E-state index contributed by atoms with van der Waals surface area (Å²) in [5, 5.41) is 0. The molecule has 7 rings (SSSR count). The summed E-state index contributed by atoms with van der Waals surface area (Å²) in [5.41, 5.74) is 11.9. The van der Waals surface area contributed by atoms with Crippen molar-refractivity contribution in [1.29, 1.82) is 0 Å². The normalized spacial score (nSPS) is 14.6. The zero-order chi connectivity index (χ0) is 20.9. The quantitative estimate of drug-likeness (QED) is 0.368. The second kappa shape index (κ2) is 5.82. The molecule has 0 fully saturated rings. The molecule has 0 radical (unpaired) electrons. The summed E-state index contributed by atoms with van der Waals surface area (Å²) >= 11 is 0. The molecule has 2 nitrogen and oxygen atoms in total. The average Bonchev–Trinajstić information content (AvgIpc) is 2.75. The number of hydrogen-bond acceptors (Lipinski definition) is 2. The molecule has 0 aliphatic carbocycles. The van der Waals surface area contributed by atoms with Crippen molar-refractivity contribution in [2.24, 2.45) is 0 Å². The van der Waals surface area contributed by atoms with Gasteiger partial charge in [-0.25, -0.2) is 0 Å². The van der Waals surface area contributed by atoms with Crippen LogP contribution in [0.4, 0.5) is 0 Å². The van der Waals surface area contributed by atoms with Crippen molar-refractivity contribution >= 4 is 23.1 Å². The van der Waals surface area contributed by atoms with Crippen molar-refractivity contribution < 1.29 is 9.47 Å². The molecule has 0 N–H and O–H groups in total. The van der Waals surface area contributed by atoms with Gasteiger partial charge in [0.2, 0.25) is 6.71 Å². The SMILES string of the molecule is Cc1cc(C)c(B2c3cccc4c3C3c5c(cccc5Oc5cccc2c53)O4)c(C)c1. The van der Waals surface area contributed by atoms with Crippen LogP contribution in [0.25, 0.3) is 0 Å². The zero-order valence-corrected chi connectivity index (χ0v) is 17.8. The predicted molar refractivity (Wildman–Crippen MR) is 126 cm³/mol. The lowest BCUT2D eigenvalue weighted by Crippen LogP contribution is -2.59. The van der Waals surface area contributed by atoms with Crippen molar-refractivity contribution in [3.8, 4) is 23.0 Å². The van der Waals surface area contributed by atoms with E-state index in [0.29, 0.717) is 0 Å². The lowest BCUT2D eigenvalue weighted by Gasteiger charge is -2.42. The third kappa shape index (κ3) is 2.14. The molecule has 0 atom stereocenters. The molecular weight excluding hydrogens is 379 g/mol. The molecule has 0 bridgehead atoms. The highest BCUT2D eigenvalue weighted by molar-refractivity contribution is 6.97. The highest BCUT2D eigenvalue weighted by Crippen LogP contribution is 2.56. The Kier molecular flexibility index (Phi) is 3.24. The van der Waals surface area contributed by atoms with Crippen molar-refractivity contribution in [3.63, 3.8) is 0 Å². The van der Waals surface area contributed by atoms with E-state index in [1.807, 2.05) is 6.07 Å². The number of aryl methyl sites for hydroxylation is 3. The van der Waals surface area contributed by atoms with E-state index < -0.39 is 0 Å². The molecule has 31 heavy (non-hydrogen) atoms. The molecule has 0 saturated heterocycles. The van der Waals surface area contributed by atoms with Crippen molar-refractivity contribution in [3.05, 3.63) is 100 Å². The fourth-order valence-corrected chi connectivity index (χ4v) is 6.20. The van der Waals surface area contributed by atoms with Crippen LogP contribution in [0.2, 0.25) is 0 Å². The molecule has 4 aromatic carbocycles. The van der Waals surface area contributed by atoms with Gasteiger partial charge in [-0.2, -0.15) is 0 Å². The van der Waals surface area contributed by atoms with Gasteiger partial charge in [0, 0.05) is 22.6 Å². The number of hydrogen-bond donors (Lipinski definition) is 0. The van der Waals surface area contributed by atoms with Crippen LogP contribution in [0.1, 0.15) is 39.3 Å². The third-order valence-corrected chi connectivity index (χ3v) is 7.18. The first-order chi connectivity index (χ1) is 15.1. The Morgan fingerprint density at radius 3 is 1.58 bits per heavy atom. The van der Waals surface area contributed by atoms with Gasteiger partial charge in [-0.1, -0.05) is 75.5 Å². The summed E-state index contributed by atoms with van der Waals surface area (Å²) < 4.78 is 12.9. The van der Waals surface area contributed by atoms with Gasteiger partial charge >= 0.3 is 0 Å². The molecule has 3 heteroatoms. The molecule has 0 saturated carbocycles. The maximum atomic E-state index is 6.43. The molecule has 3 heterocycles. The lowest BCUT2D eigenvalue weighted by atomic mass is 9.31. The fraction of sp³-hybridized carbons (Fsp3) is 0.143. The van der Waals surface area contributed by atoms with Crippen LogP contribution in [0.3, 0.4) is 0 Å². The Hall–Kier alpha value is -3.46. The minimum atomic E-state index is 0.161. The topological polar surface area (TPSA) is 18.5 Å². The van der Waals surface area contributed by atoms with Gasteiger partial charge in [-0.3, -0.25) is 0 Å². The molecule has 4 aromatic rings. The van der Waals surface area contributed by atoms with Gasteiger partial charge in [0.1, 0.15) is 23.0 Å². The first-order valence-electron chi connectivity index (χ1n) is 10.9. The van der Waals surface area contributed by atoms with Crippen LogP contribution >= 0.6 is 0 Å². The van der Waals surface area contributed by atoms with E-state index in [1.165, 1.54) is 49.8 Å². The van der Waals surface area contributed by atoms with Crippen LogP contribution in [0.5, 0.6) is 23.0 Å². The monoisotopic (exact) mass is 400 g/mol. The minimum absolute atomic E-state index is 0.161. The van der Waals surface area contributed by atoms with Gasteiger partial charge in [0.25, 0.3) is 0 Å². The Balaban J connectivity index is 1.62. The molecule has 148 valence electrons. The summed E-state index contributed by atoms with van der Waals surface area (Å²) in [5.74, 6) is 3.93. The van der Waals surface area contributed by atoms with Crippen molar-refractivity contribution in [1.82, 2.24) is 0 Å². The van der Waals surface area contributed by atoms with E-state index in [2.05, 4.69) is 81.4 Å². The number of ether oxygens (including phenoxy) is 2. The van der Waals surface area contributed by atoms with Gasteiger partial charge in [0.15, 0.2) is 0 Å². The second-order valence-corrected chi connectivity index (χ2v) is 9.07. The summed E-state index contributed by atoms with van der Waals surface area (Å²) in [6.07, 6.45) is 0. The summed E-state index contributed by atoms with van der Waals surface area (Å²) in [7, 11) is 0. The minimum Gasteiger partial charge on any atom is -0.457 e. The maximum Gasteiger partial charge on any atom is 0.243 e. The molecule has 0 spiro atoms. The predicted octanol–water partition coefficient (Wildman–Crippen LogP) is 4.83. The van der Waals surface area contributed by atoms with Gasteiger partial charge in [0.05, 0.1) is 0 Å². The summed E-state index contributed by atoms with van der Waals surface area (Å²) in [4.78, 5) is 0. The van der Waals surface area contributed by atoms with E-state index in [9.17, 15) is 0 Å². The second-order valence-electron chi connectivity index (χ2n) is 9.07. The molecule has 3 aliphatic heterocycles. The van der Waals surface area contributed by atoms with Crippen LogP contribution in [0.15, 0.2) is 66.7 Å². The van der Waals surface area contributed by atoms with E-state index in [4.69, 9.17) is 9.47 Å². The van der Waals surface area contributed by atoms with Crippen LogP contribution in [-0.4, -0.2) is 6.71 Å². The zero-order valence-electron chi connectivity index (χ0n) is 17.8. The van der Waals surface area contributed by atoms with E-state index >= 15 is 0 Å². The first-order valence-corrected chi connectivity index (χ1v) is 10.9. The standard InChI is InChI=1S/C28H21BO2/c1-15-13-16(2)28(17(3)14-15)29-18-7-4-9-20-24(18)27-25-19(29)8-5-10-21(25)31-23-12-6-11-22(30-20)26(23)27/h4-14,27H,1-3H3. The van der Waals surface area contributed by atoms with Crippen LogP contribution in [0, 0.1) is 20.8 Å². The number of benzene rings is 4. The van der Waals surface area contributed by atoms with Gasteiger partial charge in [-0.05, 0) is 45.0 Å². The molecule has 0 aromatic heterocycles. The average molecular weight is 400 g/mol. The lowest BCUT2D eigenvalue weighted by molar-refractivity contribution is 0.411. The van der Waals surface area contributed by atoms with Gasteiger partial charge < -0.3 is 9.47 Å². The summed E-state index contributed by atoms with van der Waals surface area (Å²) in [6.45, 7) is 6.83. The number of rotatable bonds is 1. The fourth-order valence-electron chi connectivity index (χ4n) is 6.20. The van der Waals surface area contributed by atoms with E-state index in [-0.39, 0.29) is 12.6 Å². The smallest absolute Gasteiger partial charge is 0.243 e. The molecule has 0 unspecified atom stereocenters. The highest BCUT2D eigenvalue weighted by Gasteiger charge is 2.46. The van der Waals surface area contributed by atoms with Crippen molar-refractivity contribution in [2.75, 3.05) is 0 Å². The highest BCUT2D eigenvalue weighted by atomic mass is 16.5. The van der Waals surface area contributed by atoms with E-state index in [1.54, 1.807) is 0 Å². The van der Waals surface area contributed by atoms with Gasteiger partial charge in [-0.15, -0.1) is 0 Å². The Morgan fingerprint density at radius 1 is 0.613 bits per heavy atom. The summed E-state index contributed by atoms with van der Waals surface area (Å²) in [6, 6.07) is 23.9. The molecule has 3 aliphatic rings. The van der Waals surface area contributed by atoms with Crippen LogP contribution < -0.4 is 25.9 Å². The largest absolute Gasteiger partial charge is 0.457 e. The molecular formula is C28H21BO2. The first kappa shape index (κ1) is 17.2.